The number of hydrogen-bond donors (Lipinski definition) is 2. The minimum Gasteiger partial charge on any atom is -0.345 e. The van der Waals surface area contributed by atoms with Crippen LogP contribution in [0.2, 0.25) is 0 Å². The van der Waals surface area contributed by atoms with Crippen LogP contribution in [0.5, 0.6) is 0 Å². The first-order valence-corrected chi connectivity index (χ1v) is 10.6. The quantitative estimate of drug-likeness (QED) is 0.437. The van der Waals surface area contributed by atoms with Crippen molar-refractivity contribution in [3.8, 4) is 0 Å². The summed E-state index contributed by atoms with van der Waals surface area (Å²) >= 11 is 0. The van der Waals surface area contributed by atoms with Gasteiger partial charge in [-0.15, -0.1) is 0 Å². The number of hydrogen-bond acceptors (Lipinski definition) is 6. The molecule has 8 heteroatoms. The monoisotopic (exact) mass is 454 g/mol. The predicted molar refractivity (Wildman–Crippen MR) is 127 cm³/mol. The normalized spacial score (nSPS) is 15.7. The number of rotatable bonds is 6. The average molecular weight is 454 g/mol. The largest absolute Gasteiger partial charge is 0.376 e. The van der Waals surface area contributed by atoms with E-state index in [1.165, 1.54) is 11.1 Å². The second kappa shape index (κ2) is 10.4. The van der Waals surface area contributed by atoms with Gasteiger partial charge in [0.25, 0.3) is 11.8 Å². The zero-order valence-corrected chi connectivity index (χ0v) is 18.3. The third-order valence-corrected chi connectivity index (χ3v) is 5.09. The SMILES string of the molecule is CC(NC(=O)C(/C=C1\C(=O)ONN1c1ccccc1)=NC(=O)c1ccccc1)c1ccccc1. The Labute approximate surface area is 196 Å². The summed E-state index contributed by atoms with van der Waals surface area (Å²) in [6.45, 7) is 1.82. The summed E-state index contributed by atoms with van der Waals surface area (Å²) in [5.74, 6) is -1.94. The van der Waals surface area contributed by atoms with Crippen LogP contribution in [0, 0.1) is 0 Å². The maximum absolute atomic E-state index is 13.2. The van der Waals surface area contributed by atoms with E-state index in [4.69, 9.17) is 4.84 Å². The van der Waals surface area contributed by atoms with Crippen LogP contribution < -0.4 is 15.9 Å². The smallest absolute Gasteiger partial charge is 0.345 e. The summed E-state index contributed by atoms with van der Waals surface area (Å²) in [6, 6.07) is 26.3. The molecule has 170 valence electrons. The first-order valence-electron chi connectivity index (χ1n) is 10.6. The molecule has 3 aromatic carbocycles. The molecular weight excluding hydrogens is 432 g/mol. The molecule has 1 atom stereocenters. The Morgan fingerprint density at radius 3 is 2.18 bits per heavy atom. The van der Waals surface area contributed by atoms with Crippen molar-refractivity contribution < 1.29 is 19.2 Å². The molecule has 0 aromatic heterocycles. The molecule has 34 heavy (non-hydrogen) atoms. The van der Waals surface area contributed by atoms with Gasteiger partial charge in [-0.1, -0.05) is 72.3 Å². The van der Waals surface area contributed by atoms with Crippen molar-refractivity contribution in [3.63, 3.8) is 0 Å². The van der Waals surface area contributed by atoms with Gasteiger partial charge >= 0.3 is 5.97 Å². The van der Waals surface area contributed by atoms with E-state index in [2.05, 4.69) is 15.9 Å². The molecule has 0 aliphatic carbocycles. The number of hydrazine groups is 1. The van der Waals surface area contributed by atoms with Gasteiger partial charge in [0.05, 0.1) is 11.7 Å². The molecule has 2 N–H and O–H groups in total. The average Bonchev–Trinajstić information content (AvgIpc) is 3.25. The van der Waals surface area contributed by atoms with E-state index in [-0.39, 0.29) is 17.5 Å². The van der Waals surface area contributed by atoms with Crippen LogP contribution >= 0.6 is 0 Å². The molecule has 1 aliphatic rings. The maximum Gasteiger partial charge on any atom is 0.376 e. The van der Waals surface area contributed by atoms with E-state index in [9.17, 15) is 14.4 Å². The van der Waals surface area contributed by atoms with Gasteiger partial charge in [-0.05, 0) is 36.8 Å². The summed E-state index contributed by atoms with van der Waals surface area (Å²) in [5, 5.41) is 4.21. The van der Waals surface area contributed by atoms with Crippen LogP contribution in [0.15, 0.2) is 108 Å². The molecule has 0 spiro atoms. The van der Waals surface area contributed by atoms with E-state index in [1.807, 2.05) is 43.3 Å². The summed E-state index contributed by atoms with van der Waals surface area (Å²) in [4.78, 5) is 47.4. The fourth-order valence-corrected chi connectivity index (χ4v) is 3.30. The van der Waals surface area contributed by atoms with Gasteiger partial charge in [0.1, 0.15) is 5.71 Å². The number of benzene rings is 3. The van der Waals surface area contributed by atoms with Crippen molar-refractivity contribution in [2.24, 2.45) is 4.99 Å². The molecule has 3 aromatic rings. The van der Waals surface area contributed by atoms with Gasteiger partial charge in [-0.25, -0.2) is 14.8 Å². The third-order valence-electron chi connectivity index (χ3n) is 5.09. The minimum absolute atomic E-state index is 0.00771. The Bertz CT molecular complexity index is 1240. The lowest BCUT2D eigenvalue weighted by Crippen LogP contribution is -2.34. The maximum atomic E-state index is 13.2. The number of aliphatic imine (C=N–C) groups is 1. The first-order chi connectivity index (χ1) is 16.5. The highest BCUT2D eigenvalue weighted by atomic mass is 16.7. The highest BCUT2D eigenvalue weighted by Gasteiger charge is 2.31. The van der Waals surface area contributed by atoms with E-state index >= 15 is 0 Å². The highest BCUT2D eigenvalue weighted by Crippen LogP contribution is 2.22. The number of carbonyl (C=O) groups excluding carboxylic acids is 3. The lowest BCUT2D eigenvalue weighted by molar-refractivity contribution is -0.140. The van der Waals surface area contributed by atoms with Crippen molar-refractivity contribution in [2.45, 2.75) is 13.0 Å². The van der Waals surface area contributed by atoms with Gasteiger partial charge in [-0.2, -0.15) is 0 Å². The van der Waals surface area contributed by atoms with E-state index in [0.29, 0.717) is 11.3 Å². The van der Waals surface area contributed by atoms with Crippen molar-refractivity contribution >= 4 is 29.2 Å². The Morgan fingerprint density at radius 2 is 1.53 bits per heavy atom. The summed E-state index contributed by atoms with van der Waals surface area (Å²) in [6.07, 6.45) is 1.24. The molecule has 0 bridgehead atoms. The fourth-order valence-electron chi connectivity index (χ4n) is 3.30. The number of nitrogens with one attached hydrogen (secondary N) is 2. The lowest BCUT2D eigenvalue weighted by Gasteiger charge is -2.16. The van der Waals surface area contributed by atoms with Crippen LogP contribution in [0.3, 0.4) is 0 Å². The van der Waals surface area contributed by atoms with Crippen molar-refractivity contribution in [2.75, 3.05) is 5.01 Å². The van der Waals surface area contributed by atoms with Gasteiger partial charge in [-0.3, -0.25) is 9.59 Å². The van der Waals surface area contributed by atoms with E-state index in [1.54, 1.807) is 54.6 Å². The summed E-state index contributed by atoms with van der Waals surface area (Å²) < 4.78 is 0. The second-order valence-corrected chi connectivity index (χ2v) is 7.46. The van der Waals surface area contributed by atoms with Gasteiger partial charge in [0.2, 0.25) is 0 Å². The molecule has 0 saturated carbocycles. The number of carbonyl (C=O) groups is 3. The molecule has 1 heterocycles. The van der Waals surface area contributed by atoms with Crippen LogP contribution in [-0.2, 0) is 14.4 Å². The number of nitrogens with zero attached hydrogens (tertiary/aromatic N) is 2. The standard InChI is InChI=1S/C26H22N4O4/c1-18(19-11-5-2-6-12-19)27-25(32)22(28-24(31)20-13-7-3-8-14-20)17-23-26(33)34-29-30(23)21-15-9-4-10-16-21/h2-18,29H,1H3,(H,27,32)/b23-17+,28-22?. The van der Waals surface area contributed by atoms with E-state index < -0.39 is 17.8 Å². The zero-order valence-electron chi connectivity index (χ0n) is 18.3. The van der Waals surface area contributed by atoms with Gasteiger partial charge in [0.15, 0.2) is 5.70 Å². The molecule has 1 aliphatic heterocycles. The molecular formula is C26H22N4O4. The van der Waals surface area contributed by atoms with Gasteiger partial charge < -0.3 is 10.2 Å². The summed E-state index contributed by atoms with van der Waals surface area (Å²) in [7, 11) is 0. The van der Waals surface area contributed by atoms with Crippen LogP contribution in [-0.4, -0.2) is 23.5 Å². The van der Waals surface area contributed by atoms with Crippen LogP contribution in [0.25, 0.3) is 0 Å². The number of para-hydroxylation sites is 1. The number of anilines is 1. The Morgan fingerprint density at radius 1 is 0.941 bits per heavy atom. The fraction of sp³-hybridized carbons (Fsp3) is 0.0769. The Hall–Kier alpha value is -4.56. The lowest BCUT2D eigenvalue weighted by atomic mass is 10.1. The Balaban J connectivity index is 1.69. The molecule has 1 unspecified atom stereocenters. The zero-order chi connectivity index (χ0) is 23.9. The molecule has 1 saturated heterocycles. The molecule has 2 amide bonds. The molecule has 8 nitrogen and oxygen atoms in total. The highest BCUT2D eigenvalue weighted by molar-refractivity contribution is 6.45. The predicted octanol–water partition coefficient (Wildman–Crippen LogP) is 3.51. The van der Waals surface area contributed by atoms with Crippen molar-refractivity contribution in [1.82, 2.24) is 10.9 Å². The third kappa shape index (κ3) is 5.25. The molecule has 0 radical (unpaired) electrons. The molecule has 1 fully saturated rings. The summed E-state index contributed by atoms with van der Waals surface area (Å²) in [5.41, 5.74) is 4.09. The van der Waals surface area contributed by atoms with Crippen LogP contribution in [0.1, 0.15) is 28.9 Å². The van der Waals surface area contributed by atoms with Crippen molar-refractivity contribution in [3.05, 3.63) is 114 Å². The second-order valence-electron chi connectivity index (χ2n) is 7.46. The number of amides is 2. The van der Waals surface area contributed by atoms with E-state index in [0.717, 1.165) is 5.56 Å². The van der Waals surface area contributed by atoms with Crippen LogP contribution in [0.4, 0.5) is 5.69 Å². The topological polar surface area (TPSA) is 100 Å². The van der Waals surface area contributed by atoms with Gasteiger partial charge in [0, 0.05) is 11.6 Å². The minimum atomic E-state index is -0.715. The first kappa shape index (κ1) is 22.6. The van der Waals surface area contributed by atoms with Crippen molar-refractivity contribution in [1.29, 1.82) is 0 Å². The Kier molecular flexibility index (Phi) is 6.90. The molecule has 4 rings (SSSR count).